The van der Waals surface area contributed by atoms with Gasteiger partial charge in [0.2, 0.25) is 0 Å². The number of benzene rings is 2. The predicted molar refractivity (Wildman–Crippen MR) is 118 cm³/mol. The standard InChI is InChI=1S/C19H14ClN5O2S2/c1-27-16-7-5-12(10-13(16)20)25-23-14-6-4-11(9-15(14)24-25)21-19(28)22-18(26)17-3-2-8-29-17/h2-10H,1H3,(H2,21,22,26,28). The lowest BCUT2D eigenvalue weighted by atomic mass is 10.3. The fourth-order valence-electron chi connectivity index (χ4n) is 2.62. The molecule has 0 aliphatic heterocycles. The highest BCUT2D eigenvalue weighted by Crippen LogP contribution is 2.26. The summed E-state index contributed by atoms with van der Waals surface area (Å²) in [5, 5.41) is 17.1. The number of methoxy groups -OCH3 is 1. The number of aromatic nitrogens is 3. The Morgan fingerprint density at radius 1 is 1.17 bits per heavy atom. The van der Waals surface area contributed by atoms with Crippen molar-refractivity contribution in [3.8, 4) is 11.4 Å². The van der Waals surface area contributed by atoms with Crippen molar-refractivity contribution >= 4 is 62.9 Å². The molecule has 0 aliphatic rings. The number of halogens is 1. The van der Waals surface area contributed by atoms with Crippen LogP contribution in [0.2, 0.25) is 5.02 Å². The maximum absolute atomic E-state index is 12.1. The van der Waals surface area contributed by atoms with Crippen LogP contribution >= 0.6 is 35.2 Å². The first-order valence-electron chi connectivity index (χ1n) is 8.40. The second-order valence-corrected chi connectivity index (χ2v) is 7.66. The fourth-order valence-corrected chi connectivity index (χ4v) is 3.70. The third-order valence-electron chi connectivity index (χ3n) is 3.98. The molecule has 0 radical (unpaired) electrons. The van der Waals surface area contributed by atoms with Gasteiger partial charge in [-0.05, 0) is 60.1 Å². The molecule has 0 fully saturated rings. The summed E-state index contributed by atoms with van der Waals surface area (Å²) >= 11 is 12.8. The summed E-state index contributed by atoms with van der Waals surface area (Å²) in [6.07, 6.45) is 0. The minimum Gasteiger partial charge on any atom is -0.495 e. The molecule has 7 nitrogen and oxygen atoms in total. The van der Waals surface area contributed by atoms with Crippen molar-refractivity contribution in [3.63, 3.8) is 0 Å². The molecule has 1 amide bonds. The second kappa shape index (κ2) is 8.16. The number of carbonyl (C=O) groups excluding carboxylic acids is 1. The van der Waals surface area contributed by atoms with Crippen molar-refractivity contribution in [2.45, 2.75) is 0 Å². The monoisotopic (exact) mass is 443 g/mol. The molecule has 0 saturated carbocycles. The van der Waals surface area contributed by atoms with Gasteiger partial charge in [0.25, 0.3) is 5.91 Å². The summed E-state index contributed by atoms with van der Waals surface area (Å²) in [5.41, 5.74) is 2.76. The zero-order chi connectivity index (χ0) is 20.4. The van der Waals surface area contributed by atoms with Crippen LogP contribution in [0.5, 0.6) is 5.75 Å². The van der Waals surface area contributed by atoms with Gasteiger partial charge in [0, 0.05) is 5.69 Å². The quantitative estimate of drug-likeness (QED) is 0.458. The average Bonchev–Trinajstić information content (AvgIpc) is 3.37. The Balaban J connectivity index is 1.51. The molecule has 0 bridgehead atoms. The van der Waals surface area contributed by atoms with E-state index in [-0.39, 0.29) is 11.0 Å². The van der Waals surface area contributed by atoms with E-state index < -0.39 is 0 Å². The molecule has 2 heterocycles. The van der Waals surface area contributed by atoms with E-state index >= 15 is 0 Å². The lowest BCUT2D eigenvalue weighted by Gasteiger charge is -2.08. The lowest BCUT2D eigenvalue weighted by Crippen LogP contribution is -2.33. The summed E-state index contributed by atoms with van der Waals surface area (Å²) in [4.78, 5) is 14.2. The number of anilines is 1. The fraction of sp³-hybridized carbons (Fsp3) is 0.0526. The molecule has 4 aromatic rings. The van der Waals surface area contributed by atoms with Gasteiger partial charge >= 0.3 is 0 Å². The molecule has 0 saturated heterocycles. The van der Waals surface area contributed by atoms with Crippen LogP contribution in [0.15, 0.2) is 53.9 Å². The third-order valence-corrected chi connectivity index (χ3v) is 5.34. The maximum atomic E-state index is 12.1. The SMILES string of the molecule is COc1ccc(-n2nc3ccc(NC(=S)NC(=O)c4cccs4)cc3n2)cc1Cl. The zero-order valence-electron chi connectivity index (χ0n) is 15.0. The van der Waals surface area contributed by atoms with Gasteiger partial charge in [-0.1, -0.05) is 17.7 Å². The van der Waals surface area contributed by atoms with Crippen LogP contribution in [0.1, 0.15) is 9.67 Å². The highest BCUT2D eigenvalue weighted by Gasteiger charge is 2.11. The molecule has 146 valence electrons. The van der Waals surface area contributed by atoms with Crippen LogP contribution in [0.25, 0.3) is 16.7 Å². The topological polar surface area (TPSA) is 81.1 Å². The molecule has 2 aromatic heterocycles. The van der Waals surface area contributed by atoms with Gasteiger partial charge in [-0.25, -0.2) is 0 Å². The predicted octanol–water partition coefficient (Wildman–Crippen LogP) is 4.27. The Hall–Kier alpha value is -3.01. The minimum atomic E-state index is -0.249. The van der Waals surface area contributed by atoms with E-state index in [0.29, 0.717) is 38.1 Å². The lowest BCUT2D eigenvalue weighted by molar-refractivity contribution is 0.0981. The number of nitrogens with one attached hydrogen (secondary N) is 2. The van der Waals surface area contributed by atoms with E-state index in [1.807, 2.05) is 29.6 Å². The highest BCUT2D eigenvalue weighted by atomic mass is 35.5. The van der Waals surface area contributed by atoms with Gasteiger partial charge < -0.3 is 10.1 Å². The normalized spacial score (nSPS) is 10.7. The summed E-state index contributed by atoms with van der Waals surface area (Å²) in [7, 11) is 1.56. The van der Waals surface area contributed by atoms with E-state index in [1.165, 1.54) is 16.1 Å². The molecule has 0 unspecified atom stereocenters. The molecule has 10 heteroatoms. The van der Waals surface area contributed by atoms with E-state index in [4.69, 9.17) is 28.6 Å². The number of amides is 1. The number of fused-ring (bicyclic) bond motifs is 1. The largest absolute Gasteiger partial charge is 0.495 e. The number of carbonyl (C=O) groups is 1. The Kier molecular flexibility index (Phi) is 5.43. The number of hydrogen-bond acceptors (Lipinski definition) is 6. The van der Waals surface area contributed by atoms with Crippen molar-refractivity contribution in [3.05, 3.63) is 63.8 Å². The molecular weight excluding hydrogens is 430 g/mol. The van der Waals surface area contributed by atoms with Crippen molar-refractivity contribution < 1.29 is 9.53 Å². The third kappa shape index (κ3) is 4.21. The van der Waals surface area contributed by atoms with Crippen LogP contribution in [0.3, 0.4) is 0 Å². The van der Waals surface area contributed by atoms with Crippen LogP contribution < -0.4 is 15.4 Å². The first-order chi connectivity index (χ1) is 14.0. The Morgan fingerprint density at radius 3 is 2.72 bits per heavy atom. The summed E-state index contributed by atoms with van der Waals surface area (Å²) in [5.74, 6) is 0.331. The van der Waals surface area contributed by atoms with Gasteiger partial charge in [0.15, 0.2) is 5.11 Å². The van der Waals surface area contributed by atoms with Crippen LogP contribution in [-0.2, 0) is 0 Å². The Morgan fingerprint density at radius 2 is 2.00 bits per heavy atom. The Bertz CT molecular complexity index is 1210. The Labute approximate surface area is 180 Å². The molecule has 0 atom stereocenters. The molecule has 29 heavy (non-hydrogen) atoms. The molecule has 2 aromatic carbocycles. The average molecular weight is 444 g/mol. The van der Waals surface area contributed by atoms with Crippen LogP contribution in [0.4, 0.5) is 5.69 Å². The number of thiocarbonyl (C=S) groups is 1. The van der Waals surface area contributed by atoms with Crippen molar-refractivity contribution in [1.82, 2.24) is 20.3 Å². The summed E-state index contributed by atoms with van der Waals surface area (Å²) in [6.45, 7) is 0. The molecule has 0 aliphatic carbocycles. The molecule has 0 spiro atoms. The maximum Gasteiger partial charge on any atom is 0.267 e. The summed E-state index contributed by atoms with van der Waals surface area (Å²) < 4.78 is 5.17. The number of rotatable bonds is 4. The number of nitrogens with zero attached hydrogens (tertiary/aromatic N) is 3. The van der Waals surface area contributed by atoms with E-state index in [1.54, 1.807) is 31.4 Å². The zero-order valence-corrected chi connectivity index (χ0v) is 17.4. The van der Waals surface area contributed by atoms with Gasteiger partial charge in [0.1, 0.15) is 16.8 Å². The van der Waals surface area contributed by atoms with Crippen molar-refractivity contribution in [1.29, 1.82) is 0 Å². The van der Waals surface area contributed by atoms with Crippen LogP contribution in [-0.4, -0.2) is 33.1 Å². The number of thiophene rings is 1. The summed E-state index contributed by atoms with van der Waals surface area (Å²) in [6, 6.07) is 14.3. The van der Waals surface area contributed by atoms with Gasteiger partial charge in [-0.3, -0.25) is 10.1 Å². The number of ether oxygens (including phenoxy) is 1. The van der Waals surface area contributed by atoms with E-state index in [0.717, 1.165) is 0 Å². The first kappa shape index (κ1) is 19.3. The smallest absolute Gasteiger partial charge is 0.267 e. The van der Waals surface area contributed by atoms with E-state index in [2.05, 4.69) is 20.8 Å². The van der Waals surface area contributed by atoms with E-state index in [9.17, 15) is 4.79 Å². The van der Waals surface area contributed by atoms with Gasteiger partial charge in [0.05, 0.1) is 22.7 Å². The molecular formula is C19H14ClN5O2S2. The van der Waals surface area contributed by atoms with Crippen LogP contribution in [0, 0.1) is 0 Å². The minimum absolute atomic E-state index is 0.206. The molecule has 4 rings (SSSR count). The van der Waals surface area contributed by atoms with Crippen molar-refractivity contribution in [2.75, 3.05) is 12.4 Å². The second-order valence-electron chi connectivity index (χ2n) is 5.90. The highest BCUT2D eigenvalue weighted by molar-refractivity contribution is 7.80. The van der Waals surface area contributed by atoms with Gasteiger partial charge in [-0.2, -0.15) is 4.80 Å². The first-order valence-corrected chi connectivity index (χ1v) is 10.1. The number of hydrogen-bond donors (Lipinski definition) is 2. The molecule has 2 N–H and O–H groups in total. The van der Waals surface area contributed by atoms with Crippen molar-refractivity contribution in [2.24, 2.45) is 0 Å². The van der Waals surface area contributed by atoms with Gasteiger partial charge in [-0.15, -0.1) is 21.5 Å².